The number of allylic oxidation sites excluding steroid dienone is 1. The third-order valence-electron chi connectivity index (χ3n) is 6.20. The molecule has 41 heavy (non-hydrogen) atoms. The van der Waals surface area contributed by atoms with Crippen LogP contribution in [0.2, 0.25) is 5.02 Å². The molecule has 0 spiro atoms. The van der Waals surface area contributed by atoms with Crippen LogP contribution in [0.4, 0.5) is 5.00 Å². The second-order valence-electron chi connectivity index (χ2n) is 9.41. The van der Waals surface area contributed by atoms with Crippen LogP contribution >= 0.6 is 34.7 Å². The van der Waals surface area contributed by atoms with Gasteiger partial charge in [-0.15, -0.1) is 28.1 Å². The van der Waals surface area contributed by atoms with Crippen LogP contribution in [0.15, 0.2) is 71.7 Å². The molecule has 4 rings (SSSR count). The molecular weight excluding hydrogens is 580 g/mol. The topological polar surface area (TPSA) is 95.3 Å². The van der Waals surface area contributed by atoms with E-state index in [4.69, 9.17) is 21.1 Å². The minimum atomic E-state index is -0.539. The molecule has 0 aliphatic rings. The molecule has 0 aliphatic carbocycles. The summed E-state index contributed by atoms with van der Waals surface area (Å²) < 4.78 is 13.0. The first-order chi connectivity index (χ1) is 19.7. The highest BCUT2D eigenvalue weighted by atomic mass is 35.5. The van der Waals surface area contributed by atoms with E-state index in [9.17, 15) is 9.59 Å². The average molecular weight is 611 g/mol. The Balaban J connectivity index is 1.46. The van der Waals surface area contributed by atoms with Gasteiger partial charge in [-0.2, -0.15) is 0 Å². The highest BCUT2D eigenvalue weighted by molar-refractivity contribution is 7.99. The number of carbonyl (C=O) groups is 2. The largest absolute Gasteiger partial charge is 0.483 e. The number of hydrogen-bond donors (Lipinski definition) is 1. The summed E-state index contributed by atoms with van der Waals surface area (Å²) >= 11 is 8.51. The van der Waals surface area contributed by atoms with Crippen LogP contribution in [0.3, 0.4) is 0 Å². The fourth-order valence-electron chi connectivity index (χ4n) is 4.09. The van der Waals surface area contributed by atoms with Crippen molar-refractivity contribution in [3.8, 4) is 16.9 Å². The summed E-state index contributed by atoms with van der Waals surface area (Å²) in [6.45, 7) is 10.5. The predicted molar refractivity (Wildman–Crippen MR) is 165 cm³/mol. The molecule has 214 valence electrons. The molecule has 1 atom stereocenters. The van der Waals surface area contributed by atoms with E-state index in [2.05, 4.69) is 48.1 Å². The number of aromatic nitrogens is 3. The van der Waals surface area contributed by atoms with Crippen LogP contribution in [0.1, 0.15) is 54.5 Å². The standard InChI is InChI=1S/C30H31ClN4O4S2/c1-6-15-35-27(19(4)39-23-13-9-20(10-14-23)18(2)3)33-34-30(35)41-17-25(36)32-28-26(29(37)38-5)24(16-40-28)21-7-11-22(31)12-8-21/h6-14,16,18-19H,1,15,17H2,2-5H3,(H,32,36). The van der Waals surface area contributed by atoms with E-state index < -0.39 is 5.97 Å². The van der Waals surface area contributed by atoms with Gasteiger partial charge in [0, 0.05) is 22.5 Å². The zero-order chi connectivity index (χ0) is 29.5. The van der Waals surface area contributed by atoms with E-state index in [0.29, 0.717) is 44.6 Å². The Bertz CT molecular complexity index is 1510. The van der Waals surface area contributed by atoms with Gasteiger partial charge in [-0.1, -0.05) is 67.6 Å². The Kier molecular flexibility index (Phi) is 10.3. The summed E-state index contributed by atoms with van der Waals surface area (Å²) in [5, 5.41) is 14.9. The minimum absolute atomic E-state index is 0.0516. The number of hydrogen-bond acceptors (Lipinski definition) is 8. The number of carbonyl (C=O) groups excluding carboxylic acids is 2. The molecule has 4 aromatic rings. The van der Waals surface area contributed by atoms with Crippen LogP contribution in [0.5, 0.6) is 5.75 Å². The number of nitrogens with zero attached hydrogens (tertiary/aromatic N) is 3. The Morgan fingerprint density at radius 2 is 1.83 bits per heavy atom. The molecule has 0 radical (unpaired) electrons. The number of benzene rings is 2. The lowest BCUT2D eigenvalue weighted by Gasteiger charge is -2.16. The molecular formula is C30H31ClN4O4S2. The second-order valence-corrected chi connectivity index (χ2v) is 11.7. The molecule has 1 unspecified atom stereocenters. The van der Waals surface area contributed by atoms with Gasteiger partial charge >= 0.3 is 5.97 Å². The molecule has 0 fully saturated rings. The Labute approximate surface area is 252 Å². The van der Waals surface area contributed by atoms with Crippen LogP contribution < -0.4 is 10.1 Å². The summed E-state index contributed by atoms with van der Waals surface area (Å²) in [6.07, 6.45) is 1.36. The van der Waals surface area contributed by atoms with Gasteiger partial charge in [0.05, 0.1) is 12.9 Å². The van der Waals surface area contributed by atoms with Gasteiger partial charge in [-0.05, 0) is 48.2 Å². The van der Waals surface area contributed by atoms with Crippen molar-refractivity contribution in [2.75, 3.05) is 18.2 Å². The predicted octanol–water partition coefficient (Wildman–Crippen LogP) is 7.63. The van der Waals surface area contributed by atoms with Crippen molar-refractivity contribution >= 4 is 51.6 Å². The van der Waals surface area contributed by atoms with Crippen molar-refractivity contribution in [2.45, 2.75) is 44.5 Å². The first kappa shape index (κ1) is 30.4. The number of rotatable bonds is 12. The van der Waals surface area contributed by atoms with Crippen molar-refractivity contribution < 1.29 is 19.1 Å². The molecule has 0 bridgehead atoms. The molecule has 2 aromatic heterocycles. The highest BCUT2D eigenvalue weighted by Crippen LogP contribution is 2.37. The van der Waals surface area contributed by atoms with E-state index in [-0.39, 0.29) is 17.8 Å². The first-order valence-corrected chi connectivity index (χ1v) is 15.1. The summed E-state index contributed by atoms with van der Waals surface area (Å²) in [5.41, 5.74) is 2.98. The maximum absolute atomic E-state index is 13.0. The Hall–Kier alpha value is -3.60. The maximum atomic E-state index is 13.0. The second kappa shape index (κ2) is 13.8. The normalized spacial score (nSPS) is 11.8. The summed E-state index contributed by atoms with van der Waals surface area (Å²) in [7, 11) is 1.31. The van der Waals surface area contributed by atoms with Crippen molar-refractivity contribution in [1.82, 2.24) is 14.8 Å². The number of amides is 1. The van der Waals surface area contributed by atoms with Crippen LogP contribution in [0, 0.1) is 0 Å². The van der Waals surface area contributed by atoms with E-state index in [1.54, 1.807) is 18.2 Å². The number of esters is 1. The van der Waals surface area contributed by atoms with Crippen molar-refractivity contribution in [3.63, 3.8) is 0 Å². The van der Waals surface area contributed by atoms with Gasteiger partial charge in [-0.25, -0.2) is 4.79 Å². The SMILES string of the molecule is C=CCn1c(SCC(=O)Nc2scc(-c3ccc(Cl)cc3)c2C(=O)OC)nnc1C(C)Oc1ccc(C(C)C)cc1. The third kappa shape index (κ3) is 7.38. The van der Waals surface area contributed by atoms with E-state index in [1.807, 2.05) is 41.1 Å². The fraction of sp³-hybridized carbons (Fsp3) is 0.267. The lowest BCUT2D eigenvalue weighted by atomic mass is 10.0. The van der Waals surface area contributed by atoms with Crippen LogP contribution in [-0.2, 0) is 16.1 Å². The van der Waals surface area contributed by atoms with Crippen molar-refractivity contribution in [3.05, 3.63) is 88.5 Å². The quantitative estimate of drug-likeness (QED) is 0.100. The van der Waals surface area contributed by atoms with Crippen LogP contribution in [-0.4, -0.2) is 39.5 Å². The van der Waals surface area contributed by atoms with Crippen molar-refractivity contribution in [2.24, 2.45) is 0 Å². The van der Waals surface area contributed by atoms with Gasteiger partial charge in [0.25, 0.3) is 0 Å². The summed E-state index contributed by atoms with van der Waals surface area (Å²) in [6, 6.07) is 15.1. The van der Waals surface area contributed by atoms with Crippen LogP contribution in [0.25, 0.3) is 11.1 Å². The average Bonchev–Trinajstić information content (AvgIpc) is 3.56. The molecule has 2 aromatic carbocycles. The van der Waals surface area contributed by atoms with Gasteiger partial charge in [-0.3, -0.25) is 9.36 Å². The van der Waals surface area contributed by atoms with Crippen molar-refractivity contribution in [1.29, 1.82) is 0 Å². The molecule has 1 amide bonds. The maximum Gasteiger partial charge on any atom is 0.341 e. The third-order valence-corrected chi connectivity index (χ3v) is 8.32. The number of halogens is 1. The number of thiophene rings is 1. The molecule has 0 saturated carbocycles. The Morgan fingerprint density at radius 3 is 2.46 bits per heavy atom. The number of thioether (sulfide) groups is 1. The molecule has 0 aliphatic heterocycles. The number of nitrogens with one attached hydrogen (secondary N) is 1. The summed E-state index contributed by atoms with van der Waals surface area (Å²) in [5.74, 6) is 1.01. The zero-order valence-electron chi connectivity index (χ0n) is 23.2. The smallest absolute Gasteiger partial charge is 0.341 e. The number of methoxy groups -OCH3 is 1. The highest BCUT2D eigenvalue weighted by Gasteiger charge is 2.24. The summed E-state index contributed by atoms with van der Waals surface area (Å²) in [4.78, 5) is 25.6. The molecule has 0 saturated heterocycles. The van der Waals surface area contributed by atoms with Gasteiger partial charge in [0.1, 0.15) is 16.3 Å². The lowest BCUT2D eigenvalue weighted by molar-refractivity contribution is -0.113. The first-order valence-electron chi connectivity index (χ1n) is 12.9. The minimum Gasteiger partial charge on any atom is -0.483 e. The fourth-order valence-corrected chi connectivity index (χ4v) is 5.94. The number of ether oxygens (including phenoxy) is 2. The molecule has 11 heteroatoms. The lowest BCUT2D eigenvalue weighted by Crippen LogP contribution is -2.17. The molecule has 8 nitrogen and oxygen atoms in total. The monoisotopic (exact) mass is 610 g/mol. The Morgan fingerprint density at radius 1 is 1.12 bits per heavy atom. The van der Waals surface area contributed by atoms with Gasteiger partial charge in [0.15, 0.2) is 17.1 Å². The number of anilines is 1. The van der Waals surface area contributed by atoms with E-state index in [0.717, 1.165) is 11.3 Å². The molecule has 2 heterocycles. The molecule has 1 N–H and O–H groups in total. The van der Waals surface area contributed by atoms with E-state index in [1.165, 1.54) is 35.8 Å². The van der Waals surface area contributed by atoms with Gasteiger partial charge in [0.2, 0.25) is 5.91 Å². The van der Waals surface area contributed by atoms with Gasteiger partial charge < -0.3 is 14.8 Å². The zero-order valence-corrected chi connectivity index (χ0v) is 25.6. The van der Waals surface area contributed by atoms with E-state index >= 15 is 0 Å².